The lowest BCUT2D eigenvalue weighted by atomic mass is 9.78. The van der Waals surface area contributed by atoms with Gasteiger partial charge in [-0.3, -0.25) is 0 Å². The summed E-state index contributed by atoms with van der Waals surface area (Å²) in [6, 6.07) is 6.28. The second kappa shape index (κ2) is 7.14. The van der Waals surface area contributed by atoms with E-state index in [1.165, 1.54) is 30.6 Å². The van der Waals surface area contributed by atoms with E-state index in [1.54, 1.807) is 7.11 Å². The molecule has 2 N–H and O–H groups in total. The van der Waals surface area contributed by atoms with Gasteiger partial charge in [0.15, 0.2) is 11.5 Å². The largest absolute Gasteiger partial charge is 0.493 e. The van der Waals surface area contributed by atoms with Gasteiger partial charge in [-0.25, -0.2) is 0 Å². The third kappa shape index (κ3) is 3.09. The van der Waals surface area contributed by atoms with Crippen molar-refractivity contribution in [2.45, 2.75) is 50.0 Å². The van der Waals surface area contributed by atoms with E-state index in [9.17, 15) is 0 Å². The Morgan fingerprint density at radius 2 is 2.09 bits per heavy atom. The fourth-order valence-electron chi connectivity index (χ4n) is 3.82. The first-order valence-corrected chi connectivity index (χ1v) is 9.56. The van der Waals surface area contributed by atoms with Crippen molar-refractivity contribution in [3.8, 4) is 11.5 Å². The van der Waals surface area contributed by atoms with Crippen LogP contribution in [0, 0.1) is 0 Å². The molecule has 0 radical (unpaired) electrons. The first kappa shape index (κ1) is 16.0. The summed E-state index contributed by atoms with van der Waals surface area (Å²) in [6.07, 6.45) is 7.51. The maximum atomic E-state index is 6.45. The van der Waals surface area contributed by atoms with E-state index in [1.807, 2.05) is 17.8 Å². The third-order valence-electron chi connectivity index (χ3n) is 5.12. The molecule has 1 aromatic rings. The van der Waals surface area contributed by atoms with E-state index in [0.717, 1.165) is 36.5 Å². The van der Waals surface area contributed by atoms with E-state index in [4.69, 9.17) is 15.2 Å². The molecular formula is C18H27NO2S. The van der Waals surface area contributed by atoms with Gasteiger partial charge in [-0.2, -0.15) is 11.8 Å². The number of methoxy groups -OCH3 is 1. The van der Waals surface area contributed by atoms with Gasteiger partial charge in [0.2, 0.25) is 0 Å². The third-order valence-corrected chi connectivity index (χ3v) is 6.31. The highest BCUT2D eigenvalue weighted by molar-refractivity contribution is 7.99. The Kier molecular flexibility index (Phi) is 5.19. The Hall–Kier alpha value is -0.870. The van der Waals surface area contributed by atoms with Gasteiger partial charge >= 0.3 is 0 Å². The van der Waals surface area contributed by atoms with Crippen molar-refractivity contribution >= 4 is 11.8 Å². The van der Waals surface area contributed by atoms with Crippen LogP contribution in [0.5, 0.6) is 11.5 Å². The topological polar surface area (TPSA) is 44.5 Å². The molecule has 1 unspecified atom stereocenters. The molecule has 2 aliphatic rings. The Morgan fingerprint density at radius 3 is 2.73 bits per heavy atom. The van der Waals surface area contributed by atoms with Crippen molar-refractivity contribution in [1.82, 2.24) is 0 Å². The number of ether oxygens (including phenoxy) is 2. The molecule has 4 heteroatoms. The second-order valence-electron chi connectivity index (χ2n) is 6.49. The number of hydrogen-bond donors (Lipinski definition) is 1. The number of para-hydroxylation sites is 1. The van der Waals surface area contributed by atoms with Crippen LogP contribution in [-0.4, -0.2) is 31.3 Å². The van der Waals surface area contributed by atoms with Gasteiger partial charge in [0, 0.05) is 23.3 Å². The van der Waals surface area contributed by atoms with E-state index in [-0.39, 0.29) is 5.41 Å². The number of hydrogen-bond acceptors (Lipinski definition) is 4. The highest BCUT2D eigenvalue weighted by Crippen LogP contribution is 2.47. The van der Waals surface area contributed by atoms with Crippen molar-refractivity contribution < 1.29 is 9.47 Å². The van der Waals surface area contributed by atoms with Crippen molar-refractivity contribution in [2.24, 2.45) is 5.73 Å². The maximum Gasteiger partial charge on any atom is 0.165 e. The maximum absolute atomic E-state index is 6.45. The summed E-state index contributed by atoms with van der Waals surface area (Å²) in [5.41, 5.74) is 7.54. The van der Waals surface area contributed by atoms with Gasteiger partial charge in [-0.05, 0) is 37.5 Å². The quantitative estimate of drug-likeness (QED) is 0.897. The standard InChI is InChI=1S/C18H27NO2S/c1-20-16-8-4-7-15(18(13-19)9-2-3-10-18)17(16)21-14-6-5-11-22-12-14/h4,7-8,14H,2-3,5-6,9-13,19H2,1H3. The van der Waals surface area contributed by atoms with Crippen LogP contribution in [0.25, 0.3) is 0 Å². The minimum atomic E-state index is 0.0751. The van der Waals surface area contributed by atoms with Crippen molar-refractivity contribution in [3.05, 3.63) is 23.8 Å². The zero-order valence-corrected chi connectivity index (χ0v) is 14.3. The molecule has 122 valence electrons. The molecule has 1 aliphatic heterocycles. The van der Waals surface area contributed by atoms with Crippen LogP contribution in [0.15, 0.2) is 18.2 Å². The molecule has 1 atom stereocenters. The Bertz CT molecular complexity index is 494. The van der Waals surface area contributed by atoms with Crippen LogP contribution in [-0.2, 0) is 5.41 Å². The molecule has 1 saturated carbocycles. The number of benzene rings is 1. The van der Waals surface area contributed by atoms with E-state index in [0.29, 0.717) is 12.6 Å². The van der Waals surface area contributed by atoms with Gasteiger partial charge < -0.3 is 15.2 Å². The number of rotatable bonds is 5. The van der Waals surface area contributed by atoms with E-state index >= 15 is 0 Å². The number of thioether (sulfide) groups is 1. The zero-order chi connectivity index (χ0) is 15.4. The smallest absolute Gasteiger partial charge is 0.165 e. The highest BCUT2D eigenvalue weighted by atomic mass is 32.2. The van der Waals surface area contributed by atoms with Crippen LogP contribution in [0.2, 0.25) is 0 Å². The molecule has 3 rings (SSSR count). The molecule has 0 bridgehead atoms. The molecule has 22 heavy (non-hydrogen) atoms. The van der Waals surface area contributed by atoms with Crippen LogP contribution in [0.1, 0.15) is 44.1 Å². The summed E-state index contributed by atoms with van der Waals surface area (Å²) in [5.74, 6) is 4.14. The predicted octanol–water partition coefficient (Wildman–Crippen LogP) is 3.74. The van der Waals surface area contributed by atoms with Crippen molar-refractivity contribution in [2.75, 3.05) is 25.2 Å². The minimum Gasteiger partial charge on any atom is -0.493 e. The zero-order valence-electron chi connectivity index (χ0n) is 13.5. The Morgan fingerprint density at radius 1 is 1.27 bits per heavy atom. The Balaban J connectivity index is 1.94. The first-order chi connectivity index (χ1) is 10.8. The highest BCUT2D eigenvalue weighted by Gasteiger charge is 2.38. The summed E-state index contributed by atoms with van der Waals surface area (Å²) >= 11 is 1.99. The molecule has 3 nitrogen and oxygen atoms in total. The SMILES string of the molecule is COc1cccc(C2(CN)CCCC2)c1OC1CCCSC1. The molecule has 0 amide bonds. The predicted molar refractivity (Wildman–Crippen MR) is 93.2 cm³/mol. The molecule has 0 aromatic heterocycles. The summed E-state index contributed by atoms with van der Waals surface area (Å²) in [4.78, 5) is 0. The van der Waals surface area contributed by atoms with Gasteiger partial charge in [-0.15, -0.1) is 0 Å². The van der Waals surface area contributed by atoms with Crippen LogP contribution < -0.4 is 15.2 Å². The lowest BCUT2D eigenvalue weighted by molar-refractivity contribution is 0.196. The van der Waals surface area contributed by atoms with Gasteiger partial charge in [-0.1, -0.05) is 25.0 Å². The van der Waals surface area contributed by atoms with E-state index in [2.05, 4.69) is 12.1 Å². The number of nitrogens with two attached hydrogens (primary N) is 1. The molecule has 1 aliphatic carbocycles. The molecule has 1 aromatic carbocycles. The monoisotopic (exact) mass is 321 g/mol. The normalized spacial score (nSPS) is 24.2. The van der Waals surface area contributed by atoms with Crippen LogP contribution in [0.3, 0.4) is 0 Å². The molecule has 1 heterocycles. The average molecular weight is 321 g/mol. The fraction of sp³-hybridized carbons (Fsp3) is 0.667. The molecule has 2 fully saturated rings. The lowest BCUT2D eigenvalue weighted by Gasteiger charge is -2.32. The van der Waals surface area contributed by atoms with Gasteiger partial charge in [0.05, 0.1) is 7.11 Å². The molecular weight excluding hydrogens is 294 g/mol. The average Bonchev–Trinajstić information content (AvgIpc) is 3.06. The lowest BCUT2D eigenvalue weighted by Crippen LogP contribution is -2.33. The fourth-order valence-corrected chi connectivity index (χ4v) is 4.86. The first-order valence-electron chi connectivity index (χ1n) is 8.41. The van der Waals surface area contributed by atoms with E-state index < -0.39 is 0 Å². The summed E-state index contributed by atoms with van der Waals surface area (Å²) in [7, 11) is 1.73. The minimum absolute atomic E-state index is 0.0751. The van der Waals surface area contributed by atoms with Crippen molar-refractivity contribution in [3.63, 3.8) is 0 Å². The van der Waals surface area contributed by atoms with Gasteiger partial charge in [0.25, 0.3) is 0 Å². The van der Waals surface area contributed by atoms with Crippen LogP contribution in [0.4, 0.5) is 0 Å². The summed E-state index contributed by atoms with van der Waals surface area (Å²) in [6.45, 7) is 0.690. The molecule has 0 spiro atoms. The summed E-state index contributed by atoms with van der Waals surface area (Å²) in [5, 5.41) is 0. The molecule has 1 saturated heterocycles. The van der Waals surface area contributed by atoms with Crippen LogP contribution >= 0.6 is 11.8 Å². The Labute approximate surface area is 137 Å². The van der Waals surface area contributed by atoms with Crippen molar-refractivity contribution in [1.29, 1.82) is 0 Å². The summed E-state index contributed by atoms with van der Waals surface area (Å²) < 4.78 is 12.1. The van der Waals surface area contributed by atoms with Gasteiger partial charge in [0.1, 0.15) is 6.10 Å². The second-order valence-corrected chi connectivity index (χ2v) is 7.64.